The molecule has 26 heavy (non-hydrogen) atoms. The van der Waals surface area contributed by atoms with Gasteiger partial charge in [0.1, 0.15) is 0 Å². The van der Waals surface area contributed by atoms with E-state index in [2.05, 4.69) is 0 Å². The van der Waals surface area contributed by atoms with Crippen LogP contribution in [0.5, 0.6) is 11.5 Å². The van der Waals surface area contributed by atoms with E-state index in [0.717, 1.165) is 31.5 Å². The Kier molecular flexibility index (Phi) is 7.06. The Morgan fingerprint density at radius 2 is 1.81 bits per heavy atom. The topological polar surface area (TPSA) is 65.1 Å². The summed E-state index contributed by atoms with van der Waals surface area (Å²) in [6, 6.07) is 5.40. The van der Waals surface area contributed by atoms with Crippen molar-refractivity contribution in [3.8, 4) is 11.5 Å². The van der Waals surface area contributed by atoms with Crippen LogP contribution in [-0.4, -0.2) is 49.2 Å². The van der Waals surface area contributed by atoms with Gasteiger partial charge in [-0.25, -0.2) is 4.79 Å². The van der Waals surface area contributed by atoms with Crippen LogP contribution in [0.2, 0.25) is 0 Å². The van der Waals surface area contributed by atoms with Gasteiger partial charge in [0.15, 0.2) is 17.6 Å². The monoisotopic (exact) mass is 361 g/mol. The minimum absolute atomic E-state index is 0.0369. The molecule has 1 aromatic rings. The molecule has 1 aromatic carbocycles. The maximum absolute atomic E-state index is 12.2. The lowest BCUT2D eigenvalue weighted by Gasteiger charge is -2.19. The third-order valence-electron chi connectivity index (χ3n) is 4.02. The molecule has 0 saturated carbocycles. The summed E-state index contributed by atoms with van der Waals surface area (Å²) in [7, 11) is 1.57. The molecule has 0 radical (unpaired) electrons. The van der Waals surface area contributed by atoms with Crippen molar-refractivity contribution in [2.45, 2.75) is 45.8 Å². The number of ether oxygens (including phenoxy) is 3. The lowest BCUT2D eigenvalue weighted by Crippen LogP contribution is -2.37. The average Bonchev–Trinajstić information content (AvgIpc) is 3.14. The van der Waals surface area contributed by atoms with E-state index in [1.807, 2.05) is 19.9 Å². The van der Waals surface area contributed by atoms with Gasteiger partial charge >= 0.3 is 5.97 Å². The van der Waals surface area contributed by atoms with E-state index >= 15 is 0 Å². The summed E-state index contributed by atoms with van der Waals surface area (Å²) < 4.78 is 16.2. The highest BCUT2D eigenvalue weighted by Crippen LogP contribution is 2.29. The van der Waals surface area contributed by atoms with Crippen molar-refractivity contribution in [1.82, 2.24) is 4.90 Å². The smallest absolute Gasteiger partial charge is 0.331 e. The summed E-state index contributed by atoms with van der Waals surface area (Å²) in [5.41, 5.74) is 0.772. The van der Waals surface area contributed by atoms with Crippen LogP contribution >= 0.6 is 0 Å². The maximum atomic E-state index is 12.2. The zero-order valence-electron chi connectivity index (χ0n) is 15.9. The summed E-state index contributed by atoms with van der Waals surface area (Å²) in [6.45, 7) is 6.96. The lowest BCUT2D eigenvalue weighted by atomic mass is 10.2. The number of carbonyl (C=O) groups excluding carboxylic acids is 2. The van der Waals surface area contributed by atoms with Crippen molar-refractivity contribution in [2.24, 2.45) is 0 Å². The van der Waals surface area contributed by atoms with Crippen LogP contribution in [0.1, 0.15) is 39.2 Å². The van der Waals surface area contributed by atoms with E-state index in [1.165, 1.54) is 6.08 Å². The van der Waals surface area contributed by atoms with E-state index in [4.69, 9.17) is 14.2 Å². The fourth-order valence-corrected chi connectivity index (χ4v) is 2.76. The van der Waals surface area contributed by atoms with Crippen molar-refractivity contribution < 1.29 is 23.8 Å². The fraction of sp³-hybridized carbons (Fsp3) is 0.500. The summed E-state index contributed by atoms with van der Waals surface area (Å²) in [6.07, 6.45) is 4.20. The van der Waals surface area contributed by atoms with E-state index < -0.39 is 12.1 Å². The Hall–Kier alpha value is -2.50. The number of methoxy groups -OCH3 is 1. The number of hydrogen-bond acceptors (Lipinski definition) is 5. The van der Waals surface area contributed by atoms with E-state index in [1.54, 1.807) is 37.1 Å². The Balaban J connectivity index is 1.95. The van der Waals surface area contributed by atoms with Gasteiger partial charge in [0.2, 0.25) is 0 Å². The zero-order valence-corrected chi connectivity index (χ0v) is 15.9. The van der Waals surface area contributed by atoms with Crippen molar-refractivity contribution in [1.29, 1.82) is 0 Å². The normalized spacial score (nSPS) is 15.3. The predicted octanol–water partition coefficient (Wildman–Crippen LogP) is 3.05. The lowest BCUT2D eigenvalue weighted by molar-refractivity contribution is -0.154. The first-order chi connectivity index (χ1) is 12.4. The van der Waals surface area contributed by atoms with Gasteiger partial charge in [-0.15, -0.1) is 0 Å². The molecule has 0 bridgehead atoms. The number of esters is 1. The molecule has 0 aromatic heterocycles. The molecule has 6 heteroatoms. The minimum atomic E-state index is -0.776. The number of benzene rings is 1. The Labute approximate surface area is 154 Å². The van der Waals surface area contributed by atoms with Crippen molar-refractivity contribution in [2.75, 3.05) is 20.2 Å². The van der Waals surface area contributed by atoms with Crippen LogP contribution in [0.25, 0.3) is 6.08 Å². The van der Waals surface area contributed by atoms with Crippen molar-refractivity contribution in [3.05, 3.63) is 29.8 Å². The number of carbonyl (C=O) groups is 2. The second-order valence-corrected chi connectivity index (χ2v) is 6.52. The van der Waals surface area contributed by atoms with Gasteiger partial charge in [-0.05, 0) is 57.4 Å². The largest absolute Gasteiger partial charge is 0.493 e. The quantitative estimate of drug-likeness (QED) is 0.552. The van der Waals surface area contributed by atoms with E-state index in [0.29, 0.717) is 11.5 Å². The highest BCUT2D eigenvalue weighted by molar-refractivity contribution is 5.90. The molecule has 0 unspecified atom stereocenters. The predicted molar refractivity (Wildman–Crippen MR) is 99.2 cm³/mol. The minimum Gasteiger partial charge on any atom is -0.493 e. The second kappa shape index (κ2) is 9.27. The van der Waals surface area contributed by atoms with Gasteiger partial charge in [0, 0.05) is 19.2 Å². The molecule has 0 N–H and O–H groups in total. The fourth-order valence-electron chi connectivity index (χ4n) is 2.76. The zero-order chi connectivity index (χ0) is 19.1. The number of nitrogens with zero attached hydrogens (tertiary/aromatic N) is 1. The van der Waals surface area contributed by atoms with Crippen LogP contribution < -0.4 is 9.47 Å². The summed E-state index contributed by atoms with van der Waals surface area (Å²) >= 11 is 0. The highest BCUT2D eigenvalue weighted by Gasteiger charge is 2.25. The molecule has 1 atom stereocenters. The molecule has 1 aliphatic rings. The van der Waals surface area contributed by atoms with Gasteiger partial charge in [-0.3, -0.25) is 4.79 Å². The summed E-state index contributed by atoms with van der Waals surface area (Å²) in [5.74, 6) is 0.548. The molecule has 1 fully saturated rings. The summed E-state index contributed by atoms with van der Waals surface area (Å²) in [5, 5.41) is 0. The Morgan fingerprint density at radius 3 is 2.42 bits per heavy atom. The number of hydrogen-bond donors (Lipinski definition) is 0. The first kappa shape index (κ1) is 19.8. The molecular formula is C20H27NO5. The van der Waals surface area contributed by atoms with Crippen molar-refractivity contribution in [3.63, 3.8) is 0 Å². The molecular weight excluding hydrogens is 334 g/mol. The van der Waals surface area contributed by atoms with Gasteiger partial charge in [-0.2, -0.15) is 0 Å². The molecule has 0 aliphatic carbocycles. The molecule has 6 nitrogen and oxygen atoms in total. The number of rotatable bonds is 7. The Morgan fingerprint density at radius 1 is 1.12 bits per heavy atom. The summed E-state index contributed by atoms with van der Waals surface area (Å²) in [4.78, 5) is 25.9. The molecule has 1 saturated heterocycles. The molecule has 2 rings (SSSR count). The van der Waals surface area contributed by atoms with Crippen LogP contribution in [-0.2, 0) is 14.3 Å². The standard InChI is InChI=1S/C20H27NO5/c1-14(2)25-17-9-7-16(13-18(17)24-4)8-10-19(22)26-15(3)20(23)21-11-5-6-12-21/h7-10,13-15H,5-6,11-12H2,1-4H3/b10-8+/t15-/m1/s1. The van der Waals surface area contributed by atoms with Gasteiger partial charge in [0.05, 0.1) is 13.2 Å². The first-order valence-corrected chi connectivity index (χ1v) is 8.93. The Bertz CT molecular complexity index is 662. The SMILES string of the molecule is COc1cc(/C=C/C(=O)O[C@H](C)C(=O)N2CCCC2)ccc1OC(C)C. The molecule has 1 aliphatic heterocycles. The van der Waals surface area contributed by atoms with Crippen LogP contribution in [0.3, 0.4) is 0 Å². The molecule has 1 heterocycles. The second-order valence-electron chi connectivity index (χ2n) is 6.52. The average molecular weight is 361 g/mol. The maximum Gasteiger partial charge on any atom is 0.331 e. The number of likely N-dealkylation sites (tertiary alicyclic amines) is 1. The van der Waals surface area contributed by atoms with Gasteiger partial charge < -0.3 is 19.1 Å². The molecule has 0 spiro atoms. The van der Waals surface area contributed by atoms with Crippen LogP contribution in [0, 0.1) is 0 Å². The highest BCUT2D eigenvalue weighted by atomic mass is 16.5. The number of amides is 1. The molecule has 142 valence electrons. The van der Waals surface area contributed by atoms with E-state index in [-0.39, 0.29) is 12.0 Å². The van der Waals surface area contributed by atoms with Crippen LogP contribution in [0.4, 0.5) is 0 Å². The van der Waals surface area contributed by atoms with Crippen LogP contribution in [0.15, 0.2) is 24.3 Å². The third kappa shape index (κ3) is 5.51. The van der Waals surface area contributed by atoms with E-state index in [9.17, 15) is 9.59 Å². The third-order valence-corrected chi connectivity index (χ3v) is 4.02. The first-order valence-electron chi connectivity index (χ1n) is 8.93. The molecule has 1 amide bonds. The van der Waals surface area contributed by atoms with Crippen molar-refractivity contribution >= 4 is 18.0 Å². The van der Waals surface area contributed by atoms with Gasteiger partial charge in [-0.1, -0.05) is 6.07 Å². The van der Waals surface area contributed by atoms with Gasteiger partial charge in [0.25, 0.3) is 5.91 Å².